The van der Waals surface area contributed by atoms with Gasteiger partial charge in [-0.15, -0.1) is 0 Å². The summed E-state index contributed by atoms with van der Waals surface area (Å²) in [6.07, 6.45) is 2.53. The molecule has 0 saturated heterocycles. The van der Waals surface area contributed by atoms with Gasteiger partial charge in [-0.25, -0.2) is 0 Å². The third-order valence-corrected chi connectivity index (χ3v) is 4.55. The lowest BCUT2D eigenvalue weighted by atomic mass is 9.89. The topological polar surface area (TPSA) is 75.4 Å². The van der Waals surface area contributed by atoms with Crippen molar-refractivity contribution in [3.8, 4) is 0 Å². The molecule has 2 heterocycles. The fourth-order valence-corrected chi connectivity index (χ4v) is 3.24. The number of carboxylic acid groups (broad SMARTS) is 1. The van der Waals surface area contributed by atoms with Crippen molar-refractivity contribution in [3.05, 3.63) is 52.8 Å². The second kappa shape index (κ2) is 6.47. The van der Waals surface area contributed by atoms with Gasteiger partial charge in [0.05, 0.1) is 17.7 Å². The minimum absolute atomic E-state index is 0.157. The number of hydrogen-bond donors (Lipinski definition) is 1. The first kappa shape index (κ1) is 16.2. The molecule has 0 fully saturated rings. The molecule has 1 N–H and O–H groups in total. The molecule has 1 aliphatic heterocycles. The first-order chi connectivity index (χ1) is 11.5. The van der Waals surface area contributed by atoms with Gasteiger partial charge in [0.25, 0.3) is 5.91 Å². The van der Waals surface area contributed by atoms with Crippen molar-refractivity contribution >= 4 is 11.9 Å². The molecule has 1 aromatic carbocycles. The van der Waals surface area contributed by atoms with Crippen molar-refractivity contribution in [2.24, 2.45) is 0 Å². The SMILES string of the molecule is CCCn1ncc(C(=O)N2Cc3ccccc3C(C(=O)O)C2)c1C. The lowest BCUT2D eigenvalue weighted by Gasteiger charge is -2.32. The first-order valence-corrected chi connectivity index (χ1v) is 8.15. The normalized spacial score (nSPS) is 16.8. The molecule has 1 aromatic heterocycles. The van der Waals surface area contributed by atoms with E-state index < -0.39 is 11.9 Å². The van der Waals surface area contributed by atoms with Crippen molar-refractivity contribution in [2.45, 2.75) is 39.3 Å². The highest BCUT2D eigenvalue weighted by atomic mass is 16.4. The summed E-state index contributed by atoms with van der Waals surface area (Å²) in [6.45, 7) is 5.31. The highest BCUT2D eigenvalue weighted by molar-refractivity contribution is 5.95. The van der Waals surface area contributed by atoms with Gasteiger partial charge in [-0.2, -0.15) is 5.10 Å². The Morgan fingerprint density at radius 2 is 2.08 bits per heavy atom. The van der Waals surface area contributed by atoms with Crippen LogP contribution in [-0.4, -0.2) is 38.2 Å². The molecule has 0 spiro atoms. The number of aromatic nitrogens is 2. The van der Waals surface area contributed by atoms with Crippen LogP contribution in [0.25, 0.3) is 0 Å². The van der Waals surface area contributed by atoms with Crippen LogP contribution in [-0.2, 0) is 17.9 Å². The molecular formula is C18H21N3O3. The quantitative estimate of drug-likeness (QED) is 0.936. The van der Waals surface area contributed by atoms with Crippen LogP contribution in [0.4, 0.5) is 0 Å². The lowest BCUT2D eigenvalue weighted by Crippen LogP contribution is -2.40. The van der Waals surface area contributed by atoms with Crippen LogP contribution < -0.4 is 0 Å². The Morgan fingerprint density at radius 1 is 1.33 bits per heavy atom. The fraction of sp³-hybridized carbons (Fsp3) is 0.389. The third-order valence-electron chi connectivity index (χ3n) is 4.55. The zero-order valence-corrected chi connectivity index (χ0v) is 13.9. The molecule has 0 aliphatic carbocycles. The van der Waals surface area contributed by atoms with E-state index in [1.165, 1.54) is 0 Å². The van der Waals surface area contributed by atoms with Crippen LogP contribution in [0.1, 0.15) is 46.4 Å². The van der Waals surface area contributed by atoms with Crippen molar-refractivity contribution in [1.29, 1.82) is 0 Å². The molecule has 1 amide bonds. The van der Waals surface area contributed by atoms with Gasteiger partial charge in [0, 0.05) is 25.3 Å². The van der Waals surface area contributed by atoms with E-state index in [0.717, 1.165) is 29.8 Å². The van der Waals surface area contributed by atoms with Crippen LogP contribution in [0.5, 0.6) is 0 Å². The molecular weight excluding hydrogens is 306 g/mol. The molecule has 1 aliphatic rings. The van der Waals surface area contributed by atoms with Gasteiger partial charge in [-0.1, -0.05) is 31.2 Å². The maximum Gasteiger partial charge on any atom is 0.312 e. The Kier molecular flexibility index (Phi) is 4.38. The molecule has 0 bridgehead atoms. The molecule has 1 unspecified atom stereocenters. The smallest absolute Gasteiger partial charge is 0.312 e. The van der Waals surface area contributed by atoms with E-state index in [1.54, 1.807) is 11.1 Å². The lowest BCUT2D eigenvalue weighted by molar-refractivity contribution is -0.139. The van der Waals surface area contributed by atoms with Gasteiger partial charge < -0.3 is 10.0 Å². The fourth-order valence-electron chi connectivity index (χ4n) is 3.24. The molecule has 126 valence electrons. The van der Waals surface area contributed by atoms with Gasteiger partial charge >= 0.3 is 5.97 Å². The van der Waals surface area contributed by atoms with Gasteiger partial charge in [0.15, 0.2) is 0 Å². The van der Waals surface area contributed by atoms with Crippen molar-refractivity contribution < 1.29 is 14.7 Å². The average Bonchev–Trinajstić information content (AvgIpc) is 2.94. The Morgan fingerprint density at radius 3 is 2.79 bits per heavy atom. The maximum absolute atomic E-state index is 12.9. The molecule has 6 heteroatoms. The summed E-state index contributed by atoms with van der Waals surface area (Å²) in [4.78, 5) is 26.1. The van der Waals surface area contributed by atoms with Gasteiger partial charge in [0.1, 0.15) is 0 Å². The summed E-state index contributed by atoms with van der Waals surface area (Å²) in [7, 11) is 0. The Bertz CT molecular complexity index is 782. The molecule has 0 saturated carbocycles. The number of nitrogens with zero attached hydrogens (tertiary/aromatic N) is 3. The number of carboxylic acids is 1. The number of aryl methyl sites for hydroxylation is 1. The number of rotatable bonds is 4. The van der Waals surface area contributed by atoms with Crippen molar-refractivity contribution in [1.82, 2.24) is 14.7 Å². The molecule has 6 nitrogen and oxygen atoms in total. The zero-order chi connectivity index (χ0) is 17.3. The van der Waals surface area contributed by atoms with E-state index in [4.69, 9.17) is 0 Å². The minimum Gasteiger partial charge on any atom is -0.481 e. The highest BCUT2D eigenvalue weighted by Crippen LogP contribution is 2.29. The van der Waals surface area contributed by atoms with Crippen molar-refractivity contribution in [2.75, 3.05) is 6.54 Å². The highest BCUT2D eigenvalue weighted by Gasteiger charge is 2.33. The molecule has 3 rings (SSSR count). The molecule has 0 radical (unpaired) electrons. The number of fused-ring (bicyclic) bond motifs is 1. The first-order valence-electron chi connectivity index (χ1n) is 8.15. The molecule has 2 aromatic rings. The summed E-state index contributed by atoms with van der Waals surface area (Å²) in [5.74, 6) is -1.75. The zero-order valence-electron chi connectivity index (χ0n) is 13.9. The van der Waals surface area contributed by atoms with E-state index in [0.29, 0.717) is 12.1 Å². The predicted octanol–water partition coefficient (Wildman–Crippen LogP) is 2.43. The summed E-state index contributed by atoms with van der Waals surface area (Å²) >= 11 is 0. The summed E-state index contributed by atoms with van der Waals surface area (Å²) in [5, 5.41) is 13.8. The average molecular weight is 327 g/mol. The van der Waals surface area contributed by atoms with E-state index >= 15 is 0 Å². The molecule has 24 heavy (non-hydrogen) atoms. The minimum atomic E-state index is -0.904. The van der Waals surface area contributed by atoms with Crippen LogP contribution in [0.3, 0.4) is 0 Å². The predicted molar refractivity (Wildman–Crippen MR) is 88.8 cm³/mol. The monoisotopic (exact) mass is 327 g/mol. The number of aliphatic carboxylic acids is 1. The van der Waals surface area contributed by atoms with Crippen LogP contribution >= 0.6 is 0 Å². The van der Waals surface area contributed by atoms with Crippen LogP contribution in [0.15, 0.2) is 30.5 Å². The number of benzene rings is 1. The van der Waals surface area contributed by atoms with Crippen molar-refractivity contribution in [3.63, 3.8) is 0 Å². The Hall–Kier alpha value is -2.63. The standard InChI is InChI=1S/C18H21N3O3/c1-3-8-21-12(2)15(9-19-21)17(22)20-10-13-6-4-5-7-14(13)16(11-20)18(23)24/h4-7,9,16H,3,8,10-11H2,1-2H3,(H,23,24). The largest absolute Gasteiger partial charge is 0.481 e. The van der Waals surface area contributed by atoms with Gasteiger partial charge in [-0.3, -0.25) is 14.3 Å². The number of hydrogen-bond acceptors (Lipinski definition) is 3. The number of carbonyl (C=O) groups excluding carboxylic acids is 1. The Labute approximate surface area is 140 Å². The summed E-state index contributed by atoms with van der Waals surface area (Å²) in [5.41, 5.74) is 3.06. The van der Waals surface area contributed by atoms with Crippen LogP contribution in [0.2, 0.25) is 0 Å². The Balaban J connectivity index is 1.90. The van der Waals surface area contributed by atoms with E-state index in [-0.39, 0.29) is 12.5 Å². The second-order valence-electron chi connectivity index (χ2n) is 6.14. The van der Waals surface area contributed by atoms with Gasteiger partial charge in [0.2, 0.25) is 0 Å². The number of carbonyl (C=O) groups is 2. The van der Waals surface area contributed by atoms with Crippen LogP contribution in [0, 0.1) is 6.92 Å². The summed E-state index contributed by atoms with van der Waals surface area (Å²) in [6, 6.07) is 7.43. The third kappa shape index (κ3) is 2.79. The van der Waals surface area contributed by atoms with E-state index in [2.05, 4.69) is 12.0 Å². The van der Waals surface area contributed by atoms with Gasteiger partial charge in [-0.05, 0) is 24.5 Å². The summed E-state index contributed by atoms with van der Waals surface area (Å²) < 4.78 is 1.82. The van der Waals surface area contributed by atoms with E-state index in [9.17, 15) is 14.7 Å². The second-order valence-corrected chi connectivity index (χ2v) is 6.14. The molecule has 1 atom stereocenters. The number of amides is 1. The maximum atomic E-state index is 12.9. The van der Waals surface area contributed by atoms with E-state index in [1.807, 2.05) is 35.9 Å².